The number of hydrogen-bond acceptors (Lipinski definition) is 6. The molecule has 0 aromatic carbocycles. The predicted molar refractivity (Wildman–Crippen MR) is 213 cm³/mol. The first kappa shape index (κ1) is 51.1. The van der Waals surface area contributed by atoms with E-state index in [0.29, 0.717) is 17.9 Å². The number of amides is 1. The molecule has 0 aromatic rings. The largest absolute Gasteiger partial charge is 0.393 e. The highest BCUT2D eigenvalue weighted by molar-refractivity contribution is 5.73. The zero-order chi connectivity index (χ0) is 38.1. The van der Waals surface area contributed by atoms with Crippen molar-refractivity contribution in [1.29, 1.82) is 0 Å². The van der Waals surface area contributed by atoms with Crippen LogP contribution in [0.2, 0.25) is 0 Å². The van der Waals surface area contributed by atoms with Crippen LogP contribution < -0.4 is 16.0 Å². The summed E-state index contributed by atoms with van der Waals surface area (Å²) in [6.45, 7) is 31.7. The SMILES string of the molecule is C=CC(C)(C)C(=C)[C@H](C)C[C@@](C)(C[C@@H](C)N(C)C(C)C(NC(C)=O)C(C)CCC)OC.CC.CNC.CNC1CC1.OC1CCCCC1. The van der Waals surface area contributed by atoms with Crippen molar-refractivity contribution in [3.8, 4) is 0 Å². The van der Waals surface area contributed by atoms with Gasteiger partial charge in [-0.3, -0.25) is 9.69 Å². The standard InChI is InChI=1S/C27H52N2O2.C6H12O.C4H9N.C2H7N.C2H6/c1-14-16-19(3)25(28-24(8)30)23(7)29(12)21(5)18-27(11,31-13)17-20(4)22(6)26(9,10)15-2;7-6-4-2-1-3-5-6;1-5-4-2-3-4;1-3-2;1-2/h15,19-21,23,25H,2,6,14,16-18H2,1,3-5,7-13H3,(H,28,30);6-7H,1-5H2;4-5H,2-3H2,1H3;3H,1-2H3;1-2H3/t19?,20-,21-,23?,25?,27+;;;;/m1..../s1. The lowest BCUT2D eigenvalue weighted by atomic mass is 9.74. The molecule has 0 saturated heterocycles. The fourth-order valence-electron chi connectivity index (χ4n) is 6.27. The smallest absolute Gasteiger partial charge is 0.217 e. The number of aliphatic hydroxyl groups is 1. The zero-order valence-corrected chi connectivity index (χ0v) is 35.0. The van der Waals surface area contributed by atoms with Crippen molar-refractivity contribution >= 4 is 5.91 Å². The molecule has 7 heteroatoms. The summed E-state index contributed by atoms with van der Waals surface area (Å²) in [7, 11) is 9.74. The Labute approximate surface area is 300 Å². The number of carbonyl (C=O) groups excluding carboxylic acids is 1. The molecule has 0 bridgehead atoms. The first-order valence-electron chi connectivity index (χ1n) is 19.2. The Morgan fingerprint density at radius 1 is 1.00 bits per heavy atom. The normalized spacial score (nSPS) is 19.0. The van der Waals surface area contributed by atoms with Gasteiger partial charge >= 0.3 is 0 Å². The molecule has 288 valence electrons. The van der Waals surface area contributed by atoms with Gasteiger partial charge in [0.05, 0.1) is 11.7 Å². The lowest BCUT2D eigenvalue weighted by Gasteiger charge is -2.42. The van der Waals surface area contributed by atoms with Crippen molar-refractivity contribution < 1.29 is 14.6 Å². The van der Waals surface area contributed by atoms with Crippen molar-refractivity contribution in [1.82, 2.24) is 20.9 Å². The fourth-order valence-corrected chi connectivity index (χ4v) is 6.27. The topological polar surface area (TPSA) is 85.9 Å². The molecule has 0 heterocycles. The van der Waals surface area contributed by atoms with Crippen LogP contribution in [0.3, 0.4) is 0 Å². The van der Waals surface area contributed by atoms with E-state index in [1.165, 1.54) is 37.7 Å². The molecule has 2 aliphatic rings. The van der Waals surface area contributed by atoms with Crippen molar-refractivity contribution in [3.63, 3.8) is 0 Å². The first-order chi connectivity index (χ1) is 22.4. The molecule has 1 amide bonds. The third-order valence-electron chi connectivity index (χ3n) is 10.0. The van der Waals surface area contributed by atoms with Gasteiger partial charge in [0, 0.05) is 43.6 Å². The molecule has 0 aromatic heterocycles. The molecule has 4 N–H and O–H groups in total. The van der Waals surface area contributed by atoms with E-state index < -0.39 is 0 Å². The van der Waals surface area contributed by atoms with E-state index in [-0.39, 0.29) is 35.1 Å². The van der Waals surface area contributed by atoms with Gasteiger partial charge in [0.15, 0.2) is 0 Å². The summed E-state index contributed by atoms with van der Waals surface area (Å²) in [5.41, 5.74) is 0.844. The number of ether oxygens (including phenoxy) is 1. The minimum absolute atomic E-state index is 0.0359. The van der Waals surface area contributed by atoms with Gasteiger partial charge in [-0.15, -0.1) is 6.58 Å². The van der Waals surface area contributed by atoms with Crippen molar-refractivity contribution in [2.45, 2.75) is 183 Å². The van der Waals surface area contributed by atoms with Gasteiger partial charge in [-0.1, -0.05) is 92.4 Å². The minimum atomic E-state index is -0.258. The van der Waals surface area contributed by atoms with Crippen LogP contribution in [-0.2, 0) is 9.53 Å². The number of likely N-dealkylation sites (N-methyl/N-ethyl adjacent to an activating group) is 1. The molecule has 7 nitrogen and oxygen atoms in total. The average Bonchev–Trinajstić information content (AvgIpc) is 3.90. The van der Waals surface area contributed by atoms with Crippen LogP contribution in [0.15, 0.2) is 24.8 Å². The number of nitrogens with zero attached hydrogens (tertiary/aromatic N) is 1. The van der Waals surface area contributed by atoms with Gasteiger partial charge in [-0.05, 0) is 106 Å². The molecule has 2 rings (SSSR count). The van der Waals surface area contributed by atoms with Crippen LogP contribution in [0.1, 0.15) is 147 Å². The maximum absolute atomic E-state index is 11.9. The minimum Gasteiger partial charge on any atom is -0.393 e. The summed E-state index contributed by atoms with van der Waals surface area (Å²) >= 11 is 0. The quantitative estimate of drug-likeness (QED) is 0.122. The molecule has 0 spiro atoms. The summed E-state index contributed by atoms with van der Waals surface area (Å²) in [5.74, 6) is 0.793. The molecule has 48 heavy (non-hydrogen) atoms. The summed E-state index contributed by atoms with van der Waals surface area (Å²) < 4.78 is 6.05. The van der Waals surface area contributed by atoms with E-state index in [1.807, 2.05) is 48.2 Å². The molecule has 2 saturated carbocycles. The van der Waals surface area contributed by atoms with E-state index >= 15 is 0 Å². The lowest BCUT2D eigenvalue weighted by molar-refractivity contribution is -0.120. The number of carbonyl (C=O) groups is 1. The van der Waals surface area contributed by atoms with Gasteiger partial charge < -0.3 is 25.8 Å². The maximum Gasteiger partial charge on any atom is 0.217 e. The molecule has 2 aliphatic carbocycles. The average molecular weight is 683 g/mol. The van der Waals surface area contributed by atoms with Crippen LogP contribution in [0, 0.1) is 17.3 Å². The number of hydrogen-bond donors (Lipinski definition) is 4. The maximum atomic E-state index is 11.9. The molecule has 2 fully saturated rings. The Hall–Kier alpha value is -1.25. The summed E-state index contributed by atoms with van der Waals surface area (Å²) in [6.07, 6.45) is 14.7. The highest BCUT2D eigenvalue weighted by Gasteiger charge is 2.35. The second kappa shape index (κ2) is 28.4. The van der Waals surface area contributed by atoms with Crippen molar-refractivity contribution in [3.05, 3.63) is 24.8 Å². The van der Waals surface area contributed by atoms with E-state index in [4.69, 9.17) is 9.84 Å². The first-order valence-corrected chi connectivity index (χ1v) is 19.2. The summed E-state index contributed by atoms with van der Waals surface area (Å²) in [4.78, 5) is 14.3. The van der Waals surface area contributed by atoms with Gasteiger partial charge in [-0.25, -0.2) is 0 Å². The van der Waals surface area contributed by atoms with Crippen molar-refractivity contribution in [2.75, 3.05) is 35.3 Å². The third-order valence-corrected chi connectivity index (χ3v) is 10.0. The number of nitrogens with one attached hydrogen (secondary N) is 3. The predicted octanol–water partition coefficient (Wildman–Crippen LogP) is 8.77. The van der Waals surface area contributed by atoms with Gasteiger partial charge in [-0.2, -0.15) is 0 Å². The molecule has 0 aliphatic heterocycles. The Morgan fingerprint density at radius 2 is 1.50 bits per heavy atom. The highest BCUT2D eigenvalue weighted by atomic mass is 16.5. The lowest BCUT2D eigenvalue weighted by Crippen LogP contribution is -2.55. The van der Waals surface area contributed by atoms with Crippen molar-refractivity contribution in [2.24, 2.45) is 17.3 Å². The van der Waals surface area contributed by atoms with Crippen LogP contribution in [0.4, 0.5) is 0 Å². The van der Waals surface area contributed by atoms with Gasteiger partial charge in [0.2, 0.25) is 5.91 Å². The molecule has 3 unspecified atom stereocenters. The van der Waals surface area contributed by atoms with Crippen LogP contribution in [0.5, 0.6) is 0 Å². The highest BCUT2D eigenvalue weighted by Crippen LogP contribution is 2.38. The van der Waals surface area contributed by atoms with Gasteiger partial charge in [0.1, 0.15) is 0 Å². The van der Waals surface area contributed by atoms with Crippen LogP contribution in [-0.4, -0.2) is 87.1 Å². The fraction of sp³-hybridized carbons (Fsp3) is 0.878. The second-order valence-corrected chi connectivity index (χ2v) is 15.0. The Balaban J connectivity index is -0.000000953. The summed E-state index contributed by atoms with van der Waals surface area (Å²) in [6, 6.07) is 1.55. The van der Waals surface area contributed by atoms with E-state index in [1.54, 1.807) is 6.92 Å². The number of allylic oxidation sites excluding steroid dienone is 2. The van der Waals surface area contributed by atoms with E-state index in [2.05, 4.69) is 96.4 Å². The molecular weight excluding hydrogens is 596 g/mol. The monoisotopic (exact) mass is 683 g/mol. The number of methoxy groups -OCH3 is 1. The second-order valence-electron chi connectivity index (χ2n) is 15.0. The Kier molecular flexibility index (Phi) is 30.3. The van der Waals surface area contributed by atoms with Crippen LogP contribution >= 0.6 is 0 Å². The third kappa shape index (κ3) is 23.2. The van der Waals surface area contributed by atoms with Gasteiger partial charge in [0.25, 0.3) is 0 Å². The molecule has 6 atom stereocenters. The van der Waals surface area contributed by atoms with E-state index in [0.717, 1.165) is 44.6 Å². The van der Waals surface area contributed by atoms with E-state index in [9.17, 15) is 4.79 Å². The molecule has 0 radical (unpaired) electrons. The number of aliphatic hydroxyl groups excluding tert-OH is 1. The Bertz CT molecular complexity index is 810. The zero-order valence-electron chi connectivity index (χ0n) is 35.0. The summed E-state index contributed by atoms with van der Waals surface area (Å²) in [5, 5.41) is 18.0. The number of rotatable bonds is 16. The Morgan fingerprint density at radius 3 is 1.81 bits per heavy atom. The molecular formula is C41H86N4O3. The van der Waals surface area contributed by atoms with Crippen LogP contribution in [0.25, 0.3) is 0 Å².